The lowest BCUT2D eigenvalue weighted by molar-refractivity contribution is -0.119. The molecule has 0 aliphatic carbocycles. The Balaban J connectivity index is 1.87. The molecule has 2 rings (SSSR count). The lowest BCUT2D eigenvalue weighted by Gasteiger charge is -2.03. The normalized spacial score (nSPS) is 11.6. The predicted molar refractivity (Wildman–Crippen MR) is 98.1 cm³/mol. The average Bonchev–Trinajstić information content (AvgIpc) is 2.59. The molecule has 0 aliphatic heterocycles. The van der Waals surface area contributed by atoms with Gasteiger partial charge in [0.2, 0.25) is 0 Å². The van der Waals surface area contributed by atoms with Crippen molar-refractivity contribution in [2.24, 2.45) is 21.7 Å². The van der Waals surface area contributed by atoms with Crippen molar-refractivity contribution in [2.45, 2.75) is 5.75 Å². The lowest BCUT2D eigenvalue weighted by Crippen LogP contribution is -2.20. The second-order valence-electron chi connectivity index (χ2n) is 4.78. The van der Waals surface area contributed by atoms with Crippen LogP contribution in [0.4, 0.5) is 0 Å². The first-order valence-electron chi connectivity index (χ1n) is 7.18. The number of hydrogen-bond donors (Lipinski definition) is 2. The number of carbonyl (C=O) groups is 1. The number of nitrogens with two attached hydrogens (primary N) is 2. The number of amides is 1. The number of primary amides is 1. The van der Waals surface area contributed by atoms with Gasteiger partial charge in [0.15, 0.2) is 11.8 Å². The van der Waals surface area contributed by atoms with Crippen LogP contribution in [0.25, 0.3) is 0 Å². The molecule has 0 unspecified atom stereocenters. The largest absolute Gasteiger partial charge is 0.484 e. The van der Waals surface area contributed by atoms with Crippen molar-refractivity contribution in [1.29, 1.82) is 0 Å². The molecule has 7 heteroatoms. The van der Waals surface area contributed by atoms with Gasteiger partial charge in [-0.05, 0) is 23.3 Å². The van der Waals surface area contributed by atoms with E-state index >= 15 is 0 Å². The summed E-state index contributed by atoms with van der Waals surface area (Å²) < 4.78 is 5.22. The maximum absolute atomic E-state index is 10.7. The summed E-state index contributed by atoms with van der Waals surface area (Å²) in [5, 5.41) is 8.30. The monoisotopic (exact) mass is 342 g/mol. The van der Waals surface area contributed by atoms with Gasteiger partial charge in [0.05, 0.1) is 6.21 Å². The van der Waals surface area contributed by atoms with Gasteiger partial charge >= 0.3 is 0 Å². The molecule has 0 saturated heterocycles. The Hall–Kier alpha value is -2.80. The number of nitrogens with zero attached hydrogens (tertiary/aromatic N) is 2. The number of hydrogen-bond acceptors (Lipinski definition) is 5. The molecule has 0 heterocycles. The van der Waals surface area contributed by atoms with E-state index in [1.54, 1.807) is 24.4 Å². The highest BCUT2D eigenvalue weighted by Crippen LogP contribution is 2.13. The topological polar surface area (TPSA) is 103 Å². The lowest BCUT2D eigenvalue weighted by atomic mass is 10.2. The minimum Gasteiger partial charge on any atom is -0.484 e. The minimum absolute atomic E-state index is 0.165. The SMILES string of the molecule is NC(=O)COc1cccc(C=NN=C(N)SCc2ccccc2)c1. The van der Waals surface area contributed by atoms with Gasteiger partial charge in [0.25, 0.3) is 5.91 Å². The quantitative estimate of drug-likeness (QED) is 0.457. The molecule has 0 aromatic heterocycles. The summed E-state index contributed by atoms with van der Waals surface area (Å²) in [5.41, 5.74) is 12.8. The molecule has 0 saturated carbocycles. The van der Waals surface area contributed by atoms with E-state index < -0.39 is 5.91 Å². The van der Waals surface area contributed by atoms with Crippen molar-refractivity contribution >= 4 is 29.1 Å². The second-order valence-corrected chi connectivity index (χ2v) is 5.78. The molecular formula is C17H18N4O2S. The number of thioether (sulfide) groups is 1. The van der Waals surface area contributed by atoms with Crippen LogP contribution in [-0.2, 0) is 10.5 Å². The van der Waals surface area contributed by atoms with Crippen LogP contribution in [0, 0.1) is 0 Å². The van der Waals surface area contributed by atoms with E-state index in [1.165, 1.54) is 17.3 Å². The van der Waals surface area contributed by atoms with Gasteiger partial charge in [-0.2, -0.15) is 5.10 Å². The average molecular weight is 342 g/mol. The number of carbonyl (C=O) groups excluding carboxylic acids is 1. The summed E-state index contributed by atoms with van der Waals surface area (Å²) >= 11 is 1.42. The zero-order chi connectivity index (χ0) is 17.2. The molecule has 6 nitrogen and oxygen atoms in total. The zero-order valence-corrected chi connectivity index (χ0v) is 13.8. The Morgan fingerprint density at radius 3 is 2.67 bits per heavy atom. The van der Waals surface area contributed by atoms with Crippen molar-refractivity contribution in [1.82, 2.24) is 0 Å². The minimum atomic E-state index is -0.526. The fraction of sp³-hybridized carbons (Fsp3) is 0.118. The molecule has 1 amide bonds. The fourth-order valence-electron chi connectivity index (χ4n) is 1.75. The van der Waals surface area contributed by atoms with E-state index in [4.69, 9.17) is 16.2 Å². The molecule has 2 aromatic rings. The van der Waals surface area contributed by atoms with Crippen LogP contribution < -0.4 is 16.2 Å². The highest BCUT2D eigenvalue weighted by molar-refractivity contribution is 8.13. The molecule has 2 aromatic carbocycles. The molecule has 0 aliphatic rings. The molecule has 24 heavy (non-hydrogen) atoms. The summed E-state index contributed by atoms with van der Waals surface area (Å²) in [4.78, 5) is 10.7. The van der Waals surface area contributed by atoms with E-state index in [1.807, 2.05) is 36.4 Å². The maximum atomic E-state index is 10.7. The van der Waals surface area contributed by atoms with E-state index in [0.717, 1.165) is 11.3 Å². The number of benzene rings is 2. The Morgan fingerprint density at radius 1 is 1.12 bits per heavy atom. The van der Waals surface area contributed by atoms with Gasteiger partial charge in [-0.25, -0.2) is 0 Å². The molecule has 0 spiro atoms. The smallest absolute Gasteiger partial charge is 0.255 e. The van der Waals surface area contributed by atoms with Crippen molar-refractivity contribution in [2.75, 3.05) is 6.61 Å². The highest BCUT2D eigenvalue weighted by Gasteiger charge is 1.98. The summed E-state index contributed by atoms with van der Waals surface area (Å²) in [6, 6.07) is 17.1. The molecule has 0 radical (unpaired) electrons. The van der Waals surface area contributed by atoms with Crippen molar-refractivity contribution in [3.8, 4) is 5.75 Å². The van der Waals surface area contributed by atoms with Crippen molar-refractivity contribution in [3.63, 3.8) is 0 Å². The Kier molecular flexibility index (Phi) is 6.85. The van der Waals surface area contributed by atoms with Crippen LogP contribution in [0.1, 0.15) is 11.1 Å². The van der Waals surface area contributed by atoms with Gasteiger partial charge in [-0.1, -0.05) is 54.2 Å². The highest BCUT2D eigenvalue weighted by atomic mass is 32.2. The Labute approximate surface area is 144 Å². The van der Waals surface area contributed by atoms with E-state index in [0.29, 0.717) is 10.9 Å². The first-order valence-corrected chi connectivity index (χ1v) is 8.16. The van der Waals surface area contributed by atoms with Crippen molar-refractivity contribution < 1.29 is 9.53 Å². The van der Waals surface area contributed by atoms with Crippen LogP contribution in [0.5, 0.6) is 5.75 Å². The van der Waals surface area contributed by atoms with Crippen molar-refractivity contribution in [3.05, 3.63) is 65.7 Å². The third-order valence-corrected chi connectivity index (χ3v) is 3.69. The van der Waals surface area contributed by atoms with Gasteiger partial charge in [-0.15, -0.1) is 5.10 Å². The molecule has 0 bridgehead atoms. The fourth-order valence-corrected chi connectivity index (χ4v) is 2.36. The second kappa shape index (κ2) is 9.36. The Bertz CT molecular complexity index is 732. The van der Waals surface area contributed by atoms with E-state index in [2.05, 4.69) is 10.2 Å². The maximum Gasteiger partial charge on any atom is 0.255 e. The standard InChI is InChI=1S/C17H18N4O2S/c18-16(22)11-23-15-8-4-7-14(9-15)10-20-21-17(19)24-12-13-5-2-1-3-6-13/h1-10H,11-12H2,(H2,18,22)(H2,19,21). The first kappa shape index (κ1) is 17.6. The molecular weight excluding hydrogens is 324 g/mol. The summed E-state index contributed by atoms with van der Waals surface area (Å²) in [6.07, 6.45) is 1.56. The molecule has 0 atom stereocenters. The van der Waals surface area contributed by atoms with E-state index in [9.17, 15) is 4.79 Å². The summed E-state index contributed by atoms with van der Waals surface area (Å²) in [7, 11) is 0. The molecule has 4 N–H and O–H groups in total. The molecule has 0 fully saturated rings. The predicted octanol–water partition coefficient (Wildman–Crippen LogP) is 2.13. The van der Waals surface area contributed by atoms with Crippen LogP contribution in [-0.4, -0.2) is 23.9 Å². The summed E-state index contributed by atoms with van der Waals surface area (Å²) in [5.74, 6) is 0.748. The Morgan fingerprint density at radius 2 is 1.92 bits per heavy atom. The zero-order valence-electron chi connectivity index (χ0n) is 13.0. The van der Waals surface area contributed by atoms with E-state index in [-0.39, 0.29) is 6.61 Å². The number of ether oxygens (including phenoxy) is 1. The number of amidine groups is 1. The third-order valence-electron chi connectivity index (χ3n) is 2.83. The van der Waals surface area contributed by atoms with Gasteiger partial charge in [-0.3, -0.25) is 4.79 Å². The first-order chi connectivity index (χ1) is 11.6. The van der Waals surface area contributed by atoms with Crippen LogP contribution in [0.2, 0.25) is 0 Å². The number of rotatable bonds is 7. The summed E-state index contributed by atoms with van der Waals surface area (Å²) in [6.45, 7) is -0.165. The van der Waals surface area contributed by atoms with Gasteiger partial charge in [0.1, 0.15) is 5.75 Å². The van der Waals surface area contributed by atoms with Gasteiger partial charge < -0.3 is 16.2 Å². The van der Waals surface area contributed by atoms with Crippen LogP contribution in [0.15, 0.2) is 64.8 Å². The van der Waals surface area contributed by atoms with Crippen LogP contribution in [0.3, 0.4) is 0 Å². The van der Waals surface area contributed by atoms with Crippen LogP contribution >= 0.6 is 11.8 Å². The van der Waals surface area contributed by atoms with Gasteiger partial charge in [0, 0.05) is 5.75 Å². The molecule has 124 valence electrons. The third kappa shape index (κ3) is 6.53.